The molecule has 0 amide bonds. The molecule has 0 aliphatic heterocycles. The molecule has 0 atom stereocenters. The van der Waals surface area contributed by atoms with Crippen molar-refractivity contribution in [3.05, 3.63) is 90.7 Å². The predicted molar refractivity (Wildman–Crippen MR) is 144 cm³/mol. The molecule has 174 valence electrons. The molecule has 35 heavy (non-hydrogen) atoms. The summed E-state index contributed by atoms with van der Waals surface area (Å²) in [5.41, 5.74) is 8.84. The summed E-state index contributed by atoms with van der Waals surface area (Å²) in [6.45, 7) is 6.38. The van der Waals surface area contributed by atoms with Gasteiger partial charge in [0, 0.05) is 67.8 Å². The van der Waals surface area contributed by atoms with Gasteiger partial charge in [-0.3, -0.25) is 19.6 Å². The van der Waals surface area contributed by atoms with Gasteiger partial charge in [0.15, 0.2) is 0 Å². The zero-order chi connectivity index (χ0) is 24.4. The summed E-state index contributed by atoms with van der Waals surface area (Å²) in [6, 6.07) is 12.8. The Bertz CT molecular complexity index is 1600. The molecule has 0 saturated heterocycles. The van der Waals surface area contributed by atoms with Crippen molar-refractivity contribution in [3.63, 3.8) is 0 Å². The summed E-state index contributed by atoms with van der Waals surface area (Å²) in [7, 11) is 3.95. The molecule has 0 aliphatic rings. The smallest absolute Gasteiger partial charge is 0.0966 e. The van der Waals surface area contributed by atoms with Crippen molar-refractivity contribution in [2.24, 2.45) is 19.1 Å². The molecule has 2 aromatic carbocycles. The highest BCUT2D eigenvalue weighted by Gasteiger charge is 2.11. The molecule has 1 N–H and O–H groups in total. The molecule has 3 aromatic heterocycles. The van der Waals surface area contributed by atoms with Crippen LogP contribution in [0.5, 0.6) is 0 Å². The molecule has 0 spiro atoms. The average molecular weight is 462 g/mol. The summed E-state index contributed by atoms with van der Waals surface area (Å²) in [6.07, 6.45) is 13.4. The van der Waals surface area contributed by atoms with E-state index in [1.54, 1.807) is 23.3 Å². The summed E-state index contributed by atoms with van der Waals surface area (Å²) in [5, 5.41) is 9.01. The second-order valence-electron chi connectivity index (χ2n) is 8.46. The van der Waals surface area contributed by atoms with Crippen LogP contribution in [0.25, 0.3) is 38.8 Å². The Hall–Kier alpha value is -4.52. The molecule has 0 bridgehead atoms. The highest BCUT2D eigenvalue weighted by molar-refractivity contribution is 5.97. The molecule has 7 heteroatoms. The van der Waals surface area contributed by atoms with Gasteiger partial charge in [-0.15, -0.1) is 0 Å². The van der Waals surface area contributed by atoms with Crippen LogP contribution in [0.15, 0.2) is 90.1 Å². The molecule has 0 unspecified atom stereocenters. The van der Waals surface area contributed by atoms with Crippen molar-refractivity contribution < 1.29 is 0 Å². The maximum absolute atomic E-state index is 4.64. The number of nitrogens with one attached hydrogen (secondary N) is 1. The summed E-state index contributed by atoms with van der Waals surface area (Å²) in [4.78, 5) is 13.4. The predicted octanol–water partition coefficient (Wildman–Crippen LogP) is 5.62. The van der Waals surface area contributed by atoms with Crippen LogP contribution in [-0.2, 0) is 14.1 Å². The minimum atomic E-state index is 0.623. The molecule has 0 radical (unpaired) electrons. The SMILES string of the molecule is C=N/C(=C\C(=C/C)CNc1cc(-c2ccc3ccn(C)c3c2)c2nccnc2c1)c1cnn(C)c1. The van der Waals surface area contributed by atoms with E-state index in [0.29, 0.717) is 6.54 Å². The Kier molecular flexibility index (Phi) is 5.97. The first kappa shape index (κ1) is 22.3. The quantitative estimate of drug-likeness (QED) is 0.252. The van der Waals surface area contributed by atoms with Crippen molar-refractivity contribution in [2.75, 3.05) is 11.9 Å². The second kappa shape index (κ2) is 9.38. The van der Waals surface area contributed by atoms with Crippen molar-refractivity contribution in [3.8, 4) is 11.1 Å². The van der Waals surface area contributed by atoms with Crippen molar-refractivity contribution in [1.29, 1.82) is 0 Å². The summed E-state index contributed by atoms with van der Waals surface area (Å²) >= 11 is 0. The van der Waals surface area contributed by atoms with Crippen LogP contribution in [0.3, 0.4) is 0 Å². The summed E-state index contributed by atoms with van der Waals surface area (Å²) in [5.74, 6) is 0. The first-order valence-electron chi connectivity index (χ1n) is 11.4. The zero-order valence-electron chi connectivity index (χ0n) is 20.1. The van der Waals surface area contributed by atoms with E-state index in [1.807, 2.05) is 32.3 Å². The summed E-state index contributed by atoms with van der Waals surface area (Å²) < 4.78 is 3.89. The van der Waals surface area contributed by atoms with Crippen molar-refractivity contribution in [2.45, 2.75) is 6.92 Å². The van der Waals surface area contributed by atoms with Crippen molar-refractivity contribution >= 4 is 40.0 Å². The number of aromatic nitrogens is 5. The van der Waals surface area contributed by atoms with Crippen LogP contribution < -0.4 is 5.32 Å². The maximum Gasteiger partial charge on any atom is 0.0966 e. The second-order valence-corrected chi connectivity index (χ2v) is 8.46. The monoisotopic (exact) mass is 461 g/mol. The number of anilines is 1. The van der Waals surface area contributed by atoms with Gasteiger partial charge < -0.3 is 9.88 Å². The number of aliphatic imine (C=N–C) groups is 1. The standard InChI is InChI=1S/C28H27N7/c1-5-19(12-25(29-2)22-17-33-35(4)18-22)16-32-23-14-24(28-26(15-23)30-9-10-31-28)21-7-6-20-8-11-34(3)27(20)13-21/h5-15,17-18,32H,2,16H2,1,3-4H3/b19-5+,25-12-. The minimum Gasteiger partial charge on any atom is -0.381 e. The van der Waals surface area contributed by atoms with E-state index in [4.69, 9.17) is 0 Å². The highest BCUT2D eigenvalue weighted by Crippen LogP contribution is 2.32. The first-order valence-corrected chi connectivity index (χ1v) is 11.4. The number of hydrogen-bond donors (Lipinski definition) is 1. The number of hydrogen-bond acceptors (Lipinski definition) is 5. The fraction of sp³-hybridized carbons (Fsp3) is 0.143. The largest absolute Gasteiger partial charge is 0.381 e. The minimum absolute atomic E-state index is 0.623. The molecule has 3 heterocycles. The van der Waals surface area contributed by atoms with Crippen LogP contribution in [-0.4, -0.2) is 37.6 Å². The Balaban J connectivity index is 1.48. The lowest BCUT2D eigenvalue weighted by molar-refractivity contribution is 0.767. The Morgan fingerprint density at radius 1 is 1.11 bits per heavy atom. The van der Waals surface area contributed by atoms with Gasteiger partial charge in [0.1, 0.15) is 0 Å². The van der Waals surface area contributed by atoms with E-state index >= 15 is 0 Å². The maximum atomic E-state index is 4.64. The van der Waals surface area contributed by atoms with Crippen molar-refractivity contribution in [1.82, 2.24) is 24.3 Å². The lowest BCUT2D eigenvalue weighted by Crippen LogP contribution is -2.04. The van der Waals surface area contributed by atoms with Gasteiger partial charge in [-0.05, 0) is 60.5 Å². The van der Waals surface area contributed by atoms with Crippen LogP contribution in [0, 0.1) is 0 Å². The number of aryl methyl sites for hydroxylation is 2. The first-order chi connectivity index (χ1) is 17.1. The van der Waals surface area contributed by atoms with E-state index in [0.717, 1.165) is 44.7 Å². The molecule has 0 aliphatic carbocycles. The average Bonchev–Trinajstić information content (AvgIpc) is 3.48. The Morgan fingerprint density at radius 3 is 2.74 bits per heavy atom. The number of fused-ring (bicyclic) bond motifs is 2. The van der Waals surface area contributed by atoms with Gasteiger partial charge in [0.05, 0.1) is 22.9 Å². The Labute approximate surface area is 204 Å². The van der Waals surface area contributed by atoms with Gasteiger partial charge in [-0.25, -0.2) is 0 Å². The third kappa shape index (κ3) is 4.48. The normalized spacial score (nSPS) is 12.4. The van der Waals surface area contributed by atoms with E-state index in [2.05, 4.69) is 86.3 Å². The van der Waals surface area contributed by atoms with Gasteiger partial charge >= 0.3 is 0 Å². The lowest BCUT2D eigenvalue weighted by Gasteiger charge is -2.13. The van der Waals surface area contributed by atoms with Gasteiger partial charge in [-0.1, -0.05) is 18.2 Å². The Morgan fingerprint density at radius 2 is 1.97 bits per heavy atom. The van der Waals surface area contributed by atoms with Crippen LogP contribution in [0.2, 0.25) is 0 Å². The van der Waals surface area contributed by atoms with Gasteiger partial charge in [0.25, 0.3) is 0 Å². The fourth-order valence-electron chi connectivity index (χ4n) is 4.22. The number of benzene rings is 2. The van der Waals surface area contributed by atoms with E-state index in [9.17, 15) is 0 Å². The van der Waals surface area contributed by atoms with Crippen LogP contribution in [0.4, 0.5) is 5.69 Å². The van der Waals surface area contributed by atoms with E-state index in [-0.39, 0.29) is 0 Å². The highest BCUT2D eigenvalue weighted by atomic mass is 15.2. The zero-order valence-corrected chi connectivity index (χ0v) is 20.1. The van der Waals surface area contributed by atoms with Gasteiger partial charge in [-0.2, -0.15) is 5.10 Å². The molecular formula is C28H27N7. The molecule has 5 aromatic rings. The molecule has 0 fully saturated rings. The van der Waals surface area contributed by atoms with Crippen LogP contribution in [0.1, 0.15) is 12.5 Å². The number of allylic oxidation sites excluding steroid dienone is 1. The molecule has 0 saturated carbocycles. The van der Waals surface area contributed by atoms with Crippen LogP contribution >= 0.6 is 0 Å². The number of rotatable bonds is 7. The topological polar surface area (TPSA) is 72.9 Å². The lowest BCUT2D eigenvalue weighted by atomic mass is 10.0. The third-order valence-electron chi connectivity index (χ3n) is 6.13. The van der Waals surface area contributed by atoms with Gasteiger partial charge in [0.2, 0.25) is 0 Å². The molecular weight excluding hydrogens is 434 g/mol. The fourth-order valence-corrected chi connectivity index (χ4v) is 4.22. The molecule has 7 nitrogen and oxygen atoms in total. The molecule has 5 rings (SSSR count). The third-order valence-corrected chi connectivity index (χ3v) is 6.13. The number of nitrogens with zero attached hydrogens (tertiary/aromatic N) is 6. The van der Waals surface area contributed by atoms with E-state index < -0.39 is 0 Å². The van der Waals surface area contributed by atoms with E-state index in [1.165, 1.54) is 10.9 Å².